The molecule has 1 aliphatic heterocycles. The van der Waals surface area contributed by atoms with Gasteiger partial charge in [0.15, 0.2) is 17.3 Å². The van der Waals surface area contributed by atoms with Crippen LogP contribution in [0.2, 0.25) is 0 Å². The number of benzene rings is 2. The van der Waals surface area contributed by atoms with Crippen LogP contribution in [-0.2, 0) is 0 Å². The molecule has 26 heavy (non-hydrogen) atoms. The van der Waals surface area contributed by atoms with E-state index in [1.807, 2.05) is 30.3 Å². The molecule has 0 amide bonds. The van der Waals surface area contributed by atoms with E-state index < -0.39 is 0 Å². The van der Waals surface area contributed by atoms with Gasteiger partial charge in [-0.15, -0.1) is 0 Å². The molecule has 6 heteroatoms. The fourth-order valence-electron chi connectivity index (χ4n) is 2.64. The average molecular weight is 348 g/mol. The number of allylic oxidation sites excluding steroid dienone is 1. The van der Waals surface area contributed by atoms with E-state index in [1.54, 1.807) is 31.4 Å². The summed E-state index contributed by atoms with van der Waals surface area (Å²) in [4.78, 5) is 12.3. The largest absolute Gasteiger partial charge is 0.497 e. The lowest BCUT2D eigenvalue weighted by Crippen LogP contribution is -1.94. The Morgan fingerprint density at radius 1 is 1.12 bits per heavy atom. The van der Waals surface area contributed by atoms with Crippen molar-refractivity contribution in [2.75, 3.05) is 13.9 Å². The molecule has 0 aliphatic carbocycles. The highest BCUT2D eigenvalue weighted by molar-refractivity contribution is 6.07. The molecule has 0 spiro atoms. The Hall–Kier alpha value is -3.54. The minimum Gasteiger partial charge on any atom is -0.497 e. The number of H-pyrrole nitrogens is 1. The SMILES string of the molecule is COc1ccc(-c2cc(/C=C/C(=O)c3ccc4c(c3)OCO4)[nH]n2)cc1. The number of nitrogens with zero attached hydrogens (tertiary/aromatic N) is 1. The zero-order valence-corrected chi connectivity index (χ0v) is 14.1. The van der Waals surface area contributed by atoms with Gasteiger partial charge in [0.05, 0.1) is 18.5 Å². The van der Waals surface area contributed by atoms with Gasteiger partial charge in [-0.3, -0.25) is 9.89 Å². The van der Waals surface area contributed by atoms with Crippen LogP contribution in [0.1, 0.15) is 16.1 Å². The van der Waals surface area contributed by atoms with Gasteiger partial charge in [-0.25, -0.2) is 0 Å². The van der Waals surface area contributed by atoms with Gasteiger partial charge in [0.25, 0.3) is 0 Å². The molecular weight excluding hydrogens is 332 g/mol. The van der Waals surface area contributed by atoms with Crippen LogP contribution in [-0.4, -0.2) is 29.9 Å². The molecule has 6 nitrogen and oxygen atoms in total. The van der Waals surface area contributed by atoms with Gasteiger partial charge < -0.3 is 14.2 Å². The topological polar surface area (TPSA) is 73.4 Å². The Bertz CT molecular complexity index is 974. The van der Waals surface area contributed by atoms with Gasteiger partial charge >= 0.3 is 0 Å². The first-order valence-electron chi connectivity index (χ1n) is 8.05. The molecule has 2 heterocycles. The van der Waals surface area contributed by atoms with Crippen molar-refractivity contribution < 1.29 is 19.0 Å². The van der Waals surface area contributed by atoms with E-state index in [4.69, 9.17) is 14.2 Å². The van der Waals surface area contributed by atoms with E-state index in [0.717, 1.165) is 22.7 Å². The number of nitrogens with one attached hydrogen (secondary N) is 1. The Labute approximate surface area is 150 Å². The molecule has 2 aromatic carbocycles. The van der Waals surface area contributed by atoms with Crippen molar-refractivity contribution in [1.82, 2.24) is 10.2 Å². The first-order valence-corrected chi connectivity index (χ1v) is 8.05. The van der Waals surface area contributed by atoms with Crippen LogP contribution in [0.25, 0.3) is 17.3 Å². The van der Waals surface area contributed by atoms with Gasteiger partial charge in [0.2, 0.25) is 6.79 Å². The monoisotopic (exact) mass is 348 g/mol. The number of aromatic nitrogens is 2. The summed E-state index contributed by atoms with van der Waals surface area (Å²) < 4.78 is 15.7. The van der Waals surface area contributed by atoms with Crippen molar-refractivity contribution in [3.63, 3.8) is 0 Å². The highest BCUT2D eigenvalue weighted by atomic mass is 16.7. The zero-order valence-electron chi connectivity index (χ0n) is 14.1. The molecule has 0 bridgehead atoms. The first kappa shape index (κ1) is 16.0. The Balaban J connectivity index is 1.48. The normalized spacial score (nSPS) is 12.5. The van der Waals surface area contributed by atoms with Gasteiger partial charge in [0, 0.05) is 11.1 Å². The number of ketones is 1. The smallest absolute Gasteiger partial charge is 0.231 e. The summed E-state index contributed by atoms with van der Waals surface area (Å²) in [5, 5.41) is 7.19. The summed E-state index contributed by atoms with van der Waals surface area (Å²) in [6.07, 6.45) is 3.20. The standard InChI is InChI=1S/C20H16N2O4/c1-24-16-6-2-13(3-7-16)17-11-15(21-22-17)5-8-18(23)14-4-9-19-20(10-14)26-12-25-19/h2-11H,12H2,1H3,(H,21,22)/b8-5+. The summed E-state index contributed by atoms with van der Waals surface area (Å²) in [5.41, 5.74) is 3.04. The molecule has 0 unspecified atom stereocenters. The number of methoxy groups -OCH3 is 1. The van der Waals surface area contributed by atoms with Gasteiger partial charge in [-0.1, -0.05) is 0 Å². The fraction of sp³-hybridized carbons (Fsp3) is 0.100. The average Bonchev–Trinajstić information content (AvgIpc) is 3.35. The van der Waals surface area contributed by atoms with Crippen molar-refractivity contribution in [2.45, 2.75) is 0 Å². The van der Waals surface area contributed by atoms with Crippen LogP contribution in [0.3, 0.4) is 0 Å². The summed E-state index contributed by atoms with van der Waals surface area (Å²) in [7, 11) is 1.63. The minimum absolute atomic E-state index is 0.121. The zero-order chi connectivity index (χ0) is 17.9. The maximum absolute atomic E-state index is 12.3. The van der Waals surface area contributed by atoms with E-state index in [-0.39, 0.29) is 12.6 Å². The number of rotatable bonds is 5. The van der Waals surface area contributed by atoms with Crippen molar-refractivity contribution >= 4 is 11.9 Å². The molecule has 1 N–H and O–H groups in total. The second kappa shape index (κ2) is 6.76. The Morgan fingerprint density at radius 3 is 2.73 bits per heavy atom. The Morgan fingerprint density at radius 2 is 1.92 bits per heavy atom. The lowest BCUT2D eigenvalue weighted by Gasteiger charge is -1.99. The van der Waals surface area contributed by atoms with Crippen molar-refractivity contribution in [2.24, 2.45) is 0 Å². The van der Waals surface area contributed by atoms with E-state index in [9.17, 15) is 4.79 Å². The van der Waals surface area contributed by atoms with Crippen molar-refractivity contribution in [3.05, 3.63) is 65.9 Å². The van der Waals surface area contributed by atoms with Gasteiger partial charge in [-0.2, -0.15) is 5.10 Å². The second-order valence-electron chi connectivity index (χ2n) is 5.70. The molecule has 4 rings (SSSR count). The maximum Gasteiger partial charge on any atom is 0.231 e. The number of hydrogen-bond donors (Lipinski definition) is 1. The van der Waals surface area contributed by atoms with Crippen LogP contribution in [0.5, 0.6) is 17.2 Å². The number of aromatic amines is 1. The molecule has 3 aromatic rings. The predicted molar refractivity (Wildman–Crippen MR) is 96.5 cm³/mol. The van der Waals surface area contributed by atoms with E-state index in [0.29, 0.717) is 17.1 Å². The number of hydrogen-bond acceptors (Lipinski definition) is 5. The third kappa shape index (κ3) is 3.17. The van der Waals surface area contributed by atoms with Crippen LogP contribution >= 0.6 is 0 Å². The van der Waals surface area contributed by atoms with Crippen molar-refractivity contribution in [1.29, 1.82) is 0 Å². The van der Waals surface area contributed by atoms with Crippen LogP contribution in [0, 0.1) is 0 Å². The van der Waals surface area contributed by atoms with E-state index in [2.05, 4.69) is 10.2 Å². The molecule has 0 fully saturated rings. The molecule has 1 aromatic heterocycles. The summed E-state index contributed by atoms with van der Waals surface area (Å²) in [6, 6.07) is 14.6. The third-order valence-corrected chi connectivity index (χ3v) is 4.05. The highest BCUT2D eigenvalue weighted by Crippen LogP contribution is 2.32. The molecule has 0 saturated heterocycles. The van der Waals surface area contributed by atoms with Crippen LogP contribution < -0.4 is 14.2 Å². The number of fused-ring (bicyclic) bond motifs is 1. The molecule has 0 atom stereocenters. The summed E-state index contributed by atoms with van der Waals surface area (Å²) in [5.74, 6) is 1.92. The van der Waals surface area contributed by atoms with Gasteiger partial charge in [0.1, 0.15) is 5.75 Å². The van der Waals surface area contributed by atoms with E-state index >= 15 is 0 Å². The maximum atomic E-state index is 12.3. The second-order valence-corrected chi connectivity index (χ2v) is 5.70. The summed E-state index contributed by atoms with van der Waals surface area (Å²) in [6.45, 7) is 0.186. The van der Waals surface area contributed by atoms with Crippen LogP contribution in [0.4, 0.5) is 0 Å². The molecule has 1 aliphatic rings. The quantitative estimate of drug-likeness (QED) is 0.562. The first-order chi connectivity index (χ1) is 12.7. The molecule has 0 saturated carbocycles. The molecule has 130 valence electrons. The number of ether oxygens (including phenoxy) is 3. The highest BCUT2D eigenvalue weighted by Gasteiger charge is 2.15. The third-order valence-electron chi connectivity index (χ3n) is 4.05. The lowest BCUT2D eigenvalue weighted by atomic mass is 10.1. The molecular formula is C20H16N2O4. The number of carbonyl (C=O) groups excluding carboxylic acids is 1. The van der Waals surface area contributed by atoms with Crippen LogP contribution in [0.15, 0.2) is 54.6 Å². The molecule has 0 radical (unpaired) electrons. The van der Waals surface area contributed by atoms with Crippen molar-refractivity contribution in [3.8, 4) is 28.5 Å². The van der Waals surface area contributed by atoms with Gasteiger partial charge in [-0.05, 0) is 60.7 Å². The fourth-order valence-corrected chi connectivity index (χ4v) is 2.64. The predicted octanol–water partition coefficient (Wildman–Crippen LogP) is 3.71. The lowest BCUT2D eigenvalue weighted by molar-refractivity contribution is 0.104. The Kier molecular flexibility index (Phi) is 4.15. The minimum atomic E-state index is -0.121. The van der Waals surface area contributed by atoms with E-state index in [1.165, 1.54) is 6.08 Å². The summed E-state index contributed by atoms with van der Waals surface area (Å²) >= 11 is 0. The number of carbonyl (C=O) groups is 1.